The van der Waals surface area contributed by atoms with Crippen LogP contribution in [-0.4, -0.2) is 23.9 Å². The molecule has 1 unspecified atom stereocenters. The van der Waals surface area contributed by atoms with Gasteiger partial charge in [0.05, 0.1) is 6.07 Å². The lowest BCUT2D eigenvalue weighted by Crippen LogP contribution is -2.52. The summed E-state index contributed by atoms with van der Waals surface area (Å²) < 4.78 is 0. The first kappa shape index (κ1) is 13.0. The third-order valence-electron chi connectivity index (χ3n) is 3.91. The second-order valence-electron chi connectivity index (χ2n) is 5.61. The average Bonchev–Trinajstić information content (AvgIpc) is 2.21. The Labute approximate surface area is 98.4 Å². The van der Waals surface area contributed by atoms with E-state index in [0.29, 0.717) is 11.8 Å². The molecule has 0 N–H and O–H groups in total. The van der Waals surface area contributed by atoms with E-state index < -0.39 is 5.41 Å². The fraction of sp³-hybridized carbons (Fsp3) is 0.846. The molecule has 1 aliphatic rings. The van der Waals surface area contributed by atoms with Crippen molar-refractivity contribution in [1.82, 2.24) is 4.90 Å². The summed E-state index contributed by atoms with van der Waals surface area (Å²) in [4.78, 5) is 14.0. The minimum atomic E-state index is -0.725. The van der Waals surface area contributed by atoms with E-state index in [1.54, 1.807) is 4.90 Å². The molecule has 0 aromatic rings. The molecule has 3 heteroatoms. The van der Waals surface area contributed by atoms with Gasteiger partial charge in [0.25, 0.3) is 0 Å². The van der Waals surface area contributed by atoms with Gasteiger partial charge in [0, 0.05) is 13.1 Å². The number of carbonyl (C=O) groups is 1. The van der Waals surface area contributed by atoms with Crippen molar-refractivity contribution in [2.45, 2.75) is 46.6 Å². The van der Waals surface area contributed by atoms with E-state index in [0.717, 1.165) is 12.8 Å². The molecule has 0 aromatic heterocycles. The van der Waals surface area contributed by atoms with Crippen LogP contribution in [0.5, 0.6) is 0 Å². The number of hydrogen-bond donors (Lipinski definition) is 0. The molecule has 1 rings (SSSR count). The van der Waals surface area contributed by atoms with Gasteiger partial charge in [-0.2, -0.15) is 5.26 Å². The van der Waals surface area contributed by atoms with E-state index in [2.05, 4.69) is 26.8 Å². The van der Waals surface area contributed by atoms with Crippen molar-refractivity contribution in [3.8, 4) is 6.07 Å². The molecule has 16 heavy (non-hydrogen) atoms. The Hall–Kier alpha value is -1.04. The van der Waals surface area contributed by atoms with Gasteiger partial charge in [-0.15, -0.1) is 0 Å². The fourth-order valence-corrected chi connectivity index (χ4v) is 2.41. The number of carbonyl (C=O) groups excluding carboxylic acids is 1. The lowest BCUT2D eigenvalue weighted by atomic mass is 9.62. The molecule has 0 spiro atoms. The Bertz CT molecular complexity index is 310. The quantitative estimate of drug-likeness (QED) is 0.736. The van der Waals surface area contributed by atoms with Gasteiger partial charge in [-0.05, 0) is 31.6 Å². The summed E-state index contributed by atoms with van der Waals surface area (Å²) in [6.07, 6.45) is 1.44. The maximum absolute atomic E-state index is 12.3. The van der Waals surface area contributed by atoms with Crippen LogP contribution in [0, 0.1) is 28.6 Å². The van der Waals surface area contributed by atoms with Gasteiger partial charge in [0.1, 0.15) is 5.41 Å². The van der Waals surface area contributed by atoms with Gasteiger partial charge in [0.15, 0.2) is 0 Å². The minimum Gasteiger partial charge on any atom is -0.341 e. The lowest BCUT2D eigenvalue weighted by molar-refractivity contribution is -0.146. The SMILES string of the molecule is CC1CC(C#N)(C(=O)N(C)C(C)C(C)C)C1. The third kappa shape index (κ3) is 2.07. The predicted octanol–water partition coefficient (Wildman–Crippen LogP) is 2.43. The summed E-state index contributed by atoms with van der Waals surface area (Å²) in [6, 6.07) is 2.42. The molecule has 90 valence electrons. The largest absolute Gasteiger partial charge is 0.341 e. The van der Waals surface area contributed by atoms with Crippen LogP contribution in [0.2, 0.25) is 0 Å². The van der Waals surface area contributed by atoms with Gasteiger partial charge in [0.2, 0.25) is 5.91 Å². The van der Waals surface area contributed by atoms with Crippen molar-refractivity contribution < 1.29 is 4.79 Å². The summed E-state index contributed by atoms with van der Waals surface area (Å²) in [5.74, 6) is 0.933. The van der Waals surface area contributed by atoms with Gasteiger partial charge >= 0.3 is 0 Å². The Morgan fingerprint density at radius 1 is 1.44 bits per heavy atom. The molecule has 0 heterocycles. The highest BCUT2D eigenvalue weighted by molar-refractivity contribution is 5.86. The maximum Gasteiger partial charge on any atom is 0.243 e. The van der Waals surface area contributed by atoms with Crippen LogP contribution >= 0.6 is 0 Å². The molecule has 3 nitrogen and oxygen atoms in total. The normalized spacial score (nSPS) is 30.4. The number of rotatable bonds is 3. The Morgan fingerprint density at radius 2 is 1.94 bits per heavy atom. The van der Waals surface area contributed by atoms with E-state index in [1.807, 2.05) is 14.0 Å². The highest BCUT2D eigenvalue weighted by Gasteiger charge is 2.50. The van der Waals surface area contributed by atoms with E-state index in [9.17, 15) is 10.1 Å². The fourth-order valence-electron chi connectivity index (χ4n) is 2.41. The number of nitrogens with zero attached hydrogens (tertiary/aromatic N) is 2. The van der Waals surface area contributed by atoms with E-state index >= 15 is 0 Å². The summed E-state index contributed by atoms with van der Waals surface area (Å²) >= 11 is 0. The smallest absolute Gasteiger partial charge is 0.243 e. The molecule has 1 atom stereocenters. The lowest BCUT2D eigenvalue weighted by Gasteiger charge is -2.43. The average molecular weight is 222 g/mol. The first-order chi connectivity index (χ1) is 7.34. The zero-order valence-electron chi connectivity index (χ0n) is 10.9. The maximum atomic E-state index is 12.3. The topological polar surface area (TPSA) is 44.1 Å². The third-order valence-corrected chi connectivity index (χ3v) is 3.91. The zero-order valence-corrected chi connectivity index (χ0v) is 10.9. The minimum absolute atomic E-state index is 0.00861. The standard InChI is InChI=1S/C13H22N2O/c1-9(2)11(4)15(5)12(16)13(8-14)6-10(3)7-13/h9-11H,6-7H2,1-5H3. The van der Waals surface area contributed by atoms with Gasteiger partial charge in [-0.3, -0.25) is 4.79 Å². The first-order valence-corrected chi connectivity index (χ1v) is 6.02. The monoisotopic (exact) mass is 222 g/mol. The van der Waals surface area contributed by atoms with Crippen LogP contribution in [0.15, 0.2) is 0 Å². The van der Waals surface area contributed by atoms with E-state index in [1.165, 1.54) is 0 Å². The highest BCUT2D eigenvalue weighted by Crippen LogP contribution is 2.46. The van der Waals surface area contributed by atoms with Crippen LogP contribution in [-0.2, 0) is 4.79 Å². The molecule has 0 aliphatic heterocycles. The zero-order chi connectivity index (χ0) is 12.5. The molecule has 0 aromatic carbocycles. The number of nitriles is 1. The van der Waals surface area contributed by atoms with Crippen molar-refractivity contribution in [2.24, 2.45) is 17.3 Å². The molecule has 0 saturated heterocycles. The molecule has 1 fully saturated rings. The molecule has 1 amide bonds. The first-order valence-electron chi connectivity index (χ1n) is 6.02. The molecule has 0 radical (unpaired) electrons. The van der Waals surface area contributed by atoms with Crippen molar-refractivity contribution in [3.63, 3.8) is 0 Å². The Balaban J connectivity index is 2.75. The summed E-state index contributed by atoms with van der Waals surface area (Å²) in [6.45, 7) is 8.32. The van der Waals surface area contributed by atoms with Crippen LogP contribution in [0.4, 0.5) is 0 Å². The Morgan fingerprint density at radius 3 is 2.25 bits per heavy atom. The van der Waals surface area contributed by atoms with Crippen LogP contribution in [0.25, 0.3) is 0 Å². The molecule has 1 saturated carbocycles. The van der Waals surface area contributed by atoms with Crippen molar-refractivity contribution >= 4 is 5.91 Å². The van der Waals surface area contributed by atoms with Crippen molar-refractivity contribution in [3.05, 3.63) is 0 Å². The Kier molecular flexibility index (Phi) is 3.62. The molecule has 0 bridgehead atoms. The van der Waals surface area contributed by atoms with Gasteiger partial charge in [-0.25, -0.2) is 0 Å². The summed E-state index contributed by atoms with van der Waals surface area (Å²) in [7, 11) is 1.81. The van der Waals surface area contributed by atoms with Crippen molar-refractivity contribution in [2.75, 3.05) is 7.05 Å². The number of hydrogen-bond acceptors (Lipinski definition) is 2. The van der Waals surface area contributed by atoms with Crippen LogP contribution < -0.4 is 0 Å². The molecule has 1 aliphatic carbocycles. The summed E-state index contributed by atoms with van der Waals surface area (Å²) in [5, 5.41) is 9.20. The van der Waals surface area contributed by atoms with Crippen molar-refractivity contribution in [1.29, 1.82) is 5.26 Å². The second kappa shape index (κ2) is 4.45. The van der Waals surface area contributed by atoms with Crippen LogP contribution in [0.1, 0.15) is 40.5 Å². The van der Waals surface area contributed by atoms with Gasteiger partial charge in [-0.1, -0.05) is 20.8 Å². The number of amides is 1. The molecular formula is C13H22N2O. The summed E-state index contributed by atoms with van der Waals surface area (Å²) in [5.41, 5.74) is -0.725. The van der Waals surface area contributed by atoms with E-state index in [4.69, 9.17) is 0 Å². The van der Waals surface area contributed by atoms with E-state index in [-0.39, 0.29) is 11.9 Å². The van der Waals surface area contributed by atoms with Crippen LogP contribution in [0.3, 0.4) is 0 Å². The second-order valence-corrected chi connectivity index (χ2v) is 5.61. The highest BCUT2D eigenvalue weighted by atomic mass is 16.2. The molecular weight excluding hydrogens is 200 g/mol. The van der Waals surface area contributed by atoms with Gasteiger partial charge < -0.3 is 4.90 Å². The predicted molar refractivity (Wildman–Crippen MR) is 63.5 cm³/mol.